The van der Waals surface area contributed by atoms with Gasteiger partial charge in [0.2, 0.25) is 0 Å². The molecule has 0 unspecified atom stereocenters. The molecule has 0 atom stereocenters. The maximum Gasteiger partial charge on any atom is 0.119 e. The molecule has 0 amide bonds. The molecule has 0 spiro atoms. The van der Waals surface area contributed by atoms with Crippen LogP contribution in [0.5, 0.6) is 5.75 Å². The molecule has 2 aliphatic rings. The molecule has 0 aromatic heterocycles. The Bertz CT molecular complexity index is 479. The molecule has 1 saturated heterocycles. The number of nitrogens with zero attached hydrogens (tertiary/aromatic N) is 1. The lowest BCUT2D eigenvalue weighted by molar-refractivity contribution is -0.115. The summed E-state index contributed by atoms with van der Waals surface area (Å²) in [5.74, 6) is 1.50. The number of β-amino-alcohol motifs (C(OH)–C–C–N with tert-alkyl or cyclic N) is 1. The summed E-state index contributed by atoms with van der Waals surface area (Å²) in [5, 5.41) is 10.3. The molecule has 3 nitrogen and oxygen atoms in total. The van der Waals surface area contributed by atoms with E-state index < -0.39 is 0 Å². The van der Waals surface area contributed by atoms with Gasteiger partial charge in [-0.1, -0.05) is 32.9 Å². The molecule has 1 aromatic carbocycles. The van der Waals surface area contributed by atoms with E-state index in [1.807, 2.05) is 0 Å². The van der Waals surface area contributed by atoms with Gasteiger partial charge in [0.05, 0.1) is 5.60 Å². The second-order valence-corrected chi connectivity index (χ2v) is 7.71. The van der Waals surface area contributed by atoms with Gasteiger partial charge in [-0.3, -0.25) is 4.90 Å². The van der Waals surface area contributed by atoms with Crippen LogP contribution in [0.25, 0.3) is 0 Å². The van der Waals surface area contributed by atoms with E-state index in [9.17, 15) is 5.11 Å². The first-order valence-electron chi connectivity index (χ1n) is 8.05. The van der Waals surface area contributed by atoms with Gasteiger partial charge in [-0.15, -0.1) is 0 Å². The van der Waals surface area contributed by atoms with Crippen molar-refractivity contribution in [2.24, 2.45) is 5.92 Å². The van der Waals surface area contributed by atoms with Gasteiger partial charge in [0.1, 0.15) is 12.4 Å². The van der Waals surface area contributed by atoms with Crippen molar-refractivity contribution < 1.29 is 9.84 Å². The van der Waals surface area contributed by atoms with Crippen LogP contribution in [0, 0.1) is 5.92 Å². The van der Waals surface area contributed by atoms with Crippen molar-refractivity contribution in [1.82, 2.24) is 4.90 Å². The average molecular weight is 289 g/mol. The minimum atomic E-state index is -0.381. The van der Waals surface area contributed by atoms with E-state index in [1.54, 1.807) is 0 Å². The summed E-state index contributed by atoms with van der Waals surface area (Å²) in [6.45, 7) is 9.88. The standard InChI is InChI=1S/C18H27NO2/c1-17(2,3)14-6-8-16(9-7-14)21-11-10-19-12-18(20,13-19)15-4-5-15/h6-9,15,20H,4-5,10-13H2,1-3H3. The predicted molar refractivity (Wildman–Crippen MR) is 84.8 cm³/mol. The number of hydrogen-bond acceptors (Lipinski definition) is 3. The summed E-state index contributed by atoms with van der Waals surface area (Å²) in [4.78, 5) is 2.28. The van der Waals surface area contributed by atoms with E-state index >= 15 is 0 Å². The van der Waals surface area contributed by atoms with Gasteiger partial charge in [-0.25, -0.2) is 0 Å². The van der Waals surface area contributed by atoms with Crippen LogP contribution in [0.3, 0.4) is 0 Å². The summed E-state index contributed by atoms with van der Waals surface area (Å²) in [6.07, 6.45) is 2.42. The molecule has 2 fully saturated rings. The highest BCUT2D eigenvalue weighted by molar-refractivity contribution is 5.31. The van der Waals surface area contributed by atoms with Crippen molar-refractivity contribution in [3.63, 3.8) is 0 Å². The van der Waals surface area contributed by atoms with Gasteiger partial charge in [-0.05, 0) is 41.9 Å². The Morgan fingerprint density at radius 3 is 2.33 bits per heavy atom. The van der Waals surface area contributed by atoms with Gasteiger partial charge < -0.3 is 9.84 Å². The summed E-state index contributed by atoms with van der Waals surface area (Å²) in [5.41, 5.74) is 1.13. The van der Waals surface area contributed by atoms with Crippen LogP contribution in [-0.4, -0.2) is 41.8 Å². The second kappa shape index (κ2) is 5.29. The van der Waals surface area contributed by atoms with Crippen molar-refractivity contribution in [1.29, 1.82) is 0 Å². The molecular weight excluding hydrogens is 262 g/mol. The van der Waals surface area contributed by atoms with E-state index in [0.29, 0.717) is 12.5 Å². The number of hydrogen-bond donors (Lipinski definition) is 1. The predicted octanol–water partition coefficient (Wildman–Crippen LogP) is 2.82. The first kappa shape index (κ1) is 14.9. The molecule has 1 aliphatic carbocycles. The fourth-order valence-corrected chi connectivity index (χ4v) is 3.11. The van der Waals surface area contributed by atoms with Crippen LogP contribution < -0.4 is 4.74 Å². The van der Waals surface area contributed by atoms with E-state index in [4.69, 9.17) is 4.74 Å². The topological polar surface area (TPSA) is 32.7 Å². The molecule has 1 aliphatic heterocycles. The first-order chi connectivity index (χ1) is 9.87. The highest BCUT2D eigenvalue weighted by Gasteiger charge is 2.51. The zero-order valence-corrected chi connectivity index (χ0v) is 13.4. The zero-order valence-electron chi connectivity index (χ0n) is 13.4. The maximum absolute atomic E-state index is 10.3. The third-order valence-corrected chi connectivity index (χ3v) is 4.73. The average Bonchev–Trinajstić information content (AvgIpc) is 3.20. The Morgan fingerprint density at radius 2 is 1.81 bits per heavy atom. The number of likely N-dealkylation sites (tertiary alicyclic amines) is 1. The first-order valence-corrected chi connectivity index (χ1v) is 8.05. The van der Waals surface area contributed by atoms with Crippen molar-refractivity contribution in [3.05, 3.63) is 29.8 Å². The summed E-state index contributed by atoms with van der Waals surface area (Å²) < 4.78 is 5.80. The Labute approximate surface area is 127 Å². The van der Waals surface area contributed by atoms with Crippen LogP contribution in [0.15, 0.2) is 24.3 Å². The number of benzene rings is 1. The number of rotatable bonds is 5. The minimum absolute atomic E-state index is 0.184. The van der Waals surface area contributed by atoms with Crippen molar-refractivity contribution in [2.75, 3.05) is 26.2 Å². The lowest BCUT2D eigenvalue weighted by Gasteiger charge is -2.47. The summed E-state index contributed by atoms with van der Waals surface area (Å²) in [6, 6.07) is 8.39. The normalized spacial score (nSPS) is 21.9. The number of ether oxygens (including phenoxy) is 1. The van der Waals surface area contributed by atoms with Crippen LogP contribution in [0.2, 0.25) is 0 Å². The Hall–Kier alpha value is -1.06. The van der Waals surface area contributed by atoms with Crippen LogP contribution >= 0.6 is 0 Å². The molecule has 0 bridgehead atoms. The van der Waals surface area contributed by atoms with Crippen molar-refractivity contribution in [2.45, 2.75) is 44.6 Å². The Morgan fingerprint density at radius 1 is 1.19 bits per heavy atom. The van der Waals surface area contributed by atoms with E-state index in [2.05, 4.69) is 49.9 Å². The van der Waals surface area contributed by atoms with Crippen LogP contribution in [0.4, 0.5) is 0 Å². The molecule has 116 valence electrons. The summed E-state index contributed by atoms with van der Waals surface area (Å²) >= 11 is 0. The Kier molecular flexibility index (Phi) is 3.74. The lowest BCUT2D eigenvalue weighted by Crippen LogP contribution is -2.63. The van der Waals surface area contributed by atoms with Crippen LogP contribution in [-0.2, 0) is 5.41 Å². The second-order valence-electron chi connectivity index (χ2n) is 7.71. The molecule has 0 radical (unpaired) electrons. The van der Waals surface area contributed by atoms with Crippen molar-refractivity contribution in [3.8, 4) is 5.75 Å². The quantitative estimate of drug-likeness (QED) is 0.905. The van der Waals surface area contributed by atoms with Crippen molar-refractivity contribution >= 4 is 0 Å². The summed E-state index contributed by atoms with van der Waals surface area (Å²) in [7, 11) is 0. The molecule has 1 saturated carbocycles. The van der Waals surface area contributed by atoms with Gasteiger partial charge in [0, 0.05) is 19.6 Å². The monoisotopic (exact) mass is 289 g/mol. The molecule has 1 aromatic rings. The molecule has 3 rings (SSSR count). The highest BCUT2D eigenvalue weighted by Crippen LogP contribution is 2.44. The van der Waals surface area contributed by atoms with Crippen LogP contribution in [0.1, 0.15) is 39.2 Å². The van der Waals surface area contributed by atoms with E-state index in [0.717, 1.165) is 25.4 Å². The third-order valence-electron chi connectivity index (χ3n) is 4.73. The van der Waals surface area contributed by atoms with E-state index in [1.165, 1.54) is 18.4 Å². The van der Waals surface area contributed by atoms with Gasteiger partial charge >= 0.3 is 0 Å². The fraction of sp³-hybridized carbons (Fsp3) is 0.667. The molecule has 3 heteroatoms. The van der Waals surface area contributed by atoms with Gasteiger partial charge in [0.25, 0.3) is 0 Å². The highest BCUT2D eigenvalue weighted by atomic mass is 16.5. The lowest BCUT2D eigenvalue weighted by atomic mass is 9.87. The Balaban J connectivity index is 1.40. The van der Waals surface area contributed by atoms with Gasteiger partial charge in [-0.2, -0.15) is 0 Å². The molecule has 1 N–H and O–H groups in total. The fourth-order valence-electron chi connectivity index (χ4n) is 3.11. The molecular formula is C18H27NO2. The zero-order chi connectivity index (χ0) is 15.1. The maximum atomic E-state index is 10.3. The van der Waals surface area contributed by atoms with Gasteiger partial charge in [0.15, 0.2) is 0 Å². The SMILES string of the molecule is CC(C)(C)c1ccc(OCCN2CC(O)(C3CC3)C2)cc1. The largest absolute Gasteiger partial charge is 0.492 e. The minimum Gasteiger partial charge on any atom is -0.492 e. The molecule has 1 heterocycles. The smallest absolute Gasteiger partial charge is 0.119 e. The third kappa shape index (κ3) is 3.41. The molecule has 21 heavy (non-hydrogen) atoms. The number of aliphatic hydroxyl groups is 1. The van der Waals surface area contributed by atoms with E-state index in [-0.39, 0.29) is 11.0 Å².